The normalized spacial score (nSPS) is 10.5. The summed E-state index contributed by atoms with van der Waals surface area (Å²) in [6, 6.07) is 5.39. The molecule has 0 radical (unpaired) electrons. The minimum atomic E-state index is -0.845. The molecule has 1 rings (SSSR count). The van der Waals surface area contributed by atoms with Crippen LogP contribution in [0.25, 0.3) is 0 Å². The van der Waals surface area contributed by atoms with Gasteiger partial charge in [0.2, 0.25) is 0 Å². The Bertz CT molecular complexity index is 518. The fraction of sp³-hybridized carbons (Fsp3) is 0.467. The number of carbonyl (C=O) groups excluding carboxylic acids is 1. The third-order valence-corrected chi connectivity index (χ3v) is 3.97. The molecule has 5 nitrogen and oxygen atoms in total. The summed E-state index contributed by atoms with van der Waals surface area (Å²) in [4.78, 5) is 24.5. The quantitative estimate of drug-likeness (QED) is 0.812. The first-order chi connectivity index (χ1) is 9.81. The van der Waals surface area contributed by atoms with Gasteiger partial charge in [0.1, 0.15) is 0 Å². The molecule has 21 heavy (non-hydrogen) atoms. The van der Waals surface area contributed by atoms with E-state index in [-0.39, 0.29) is 18.5 Å². The molecular weight excluding hydrogens is 336 g/mol. The van der Waals surface area contributed by atoms with Crippen molar-refractivity contribution in [3.8, 4) is 0 Å². The number of benzene rings is 1. The number of aliphatic carboxylic acids is 1. The van der Waals surface area contributed by atoms with Gasteiger partial charge in [-0.05, 0) is 51.0 Å². The third kappa shape index (κ3) is 5.75. The highest BCUT2D eigenvalue weighted by Gasteiger charge is 2.17. The molecule has 1 aromatic carbocycles. The van der Waals surface area contributed by atoms with Gasteiger partial charge >= 0.3 is 12.0 Å². The molecule has 116 valence electrons. The van der Waals surface area contributed by atoms with Crippen LogP contribution < -0.4 is 5.32 Å². The third-order valence-electron chi connectivity index (χ3n) is 3.08. The summed E-state index contributed by atoms with van der Waals surface area (Å²) in [5.41, 5.74) is 1.76. The Kier molecular flexibility index (Phi) is 6.68. The Morgan fingerprint density at radius 3 is 2.57 bits per heavy atom. The van der Waals surface area contributed by atoms with E-state index in [1.165, 1.54) is 0 Å². The average Bonchev–Trinajstić information content (AvgIpc) is 2.38. The molecular formula is C15H21BrN2O3. The predicted molar refractivity (Wildman–Crippen MR) is 86.6 cm³/mol. The number of carboxylic acid groups (broad SMARTS) is 1. The van der Waals surface area contributed by atoms with E-state index in [2.05, 4.69) is 21.2 Å². The highest BCUT2D eigenvalue weighted by Crippen LogP contribution is 2.20. The Labute approximate surface area is 133 Å². The molecule has 6 heteroatoms. The van der Waals surface area contributed by atoms with Crippen molar-refractivity contribution in [1.82, 2.24) is 4.90 Å². The number of amides is 2. The van der Waals surface area contributed by atoms with Crippen LogP contribution in [0.4, 0.5) is 10.5 Å². The van der Waals surface area contributed by atoms with Gasteiger partial charge < -0.3 is 15.3 Å². The second kappa shape index (κ2) is 8.02. The van der Waals surface area contributed by atoms with Gasteiger partial charge in [-0.25, -0.2) is 4.79 Å². The number of anilines is 1. The number of rotatable bonds is 6. The van der Waals surface area contributed by atoms with Crippen LogP contribution in [0.5, 0.6) is 0 Å². The van der Waals surface area contributed by atoms with Crippen LogP contribution in [-0.4, -0.2) is 34.6 Å². The average molecular weight is 357 g/mol. The van der Waals surface area contributed by atoms with Crippen LogP contribution >= 0.6 is 15.9 Å². The van der Waals surface area contributed by atoms with Gasteiger partial charge in [-0.2, -0.15) is 0 Å². The fourth-order valence-electron chi connectivity index (χ4n) is 1.91. The standard InChI is InChI=1S/C15H21BrN2O3/c1-10(2)18(8-4-5-14(19)20)15(21)17-12-6-7-13(16)11(3)9-12/h6-7,9-10H,4-5,8H2,1-3H3,(H,17,21)(H,19,20). The maximum Gasteiger partial charge on any atom is 0.322 e. The lowest BCUT2D eigenvalue weighted by Crippen LogP contribution is -2.40. The van der Waals surface area contributed by atoms with E-state index in [4.69, 9.17) is 5.11 Å². The van der Waals surface area contributed by atoms with Crippen LogP contribution in [0.15, 0.2) is 22.7 Å². The molecule has 0 saturated carbocycles. The van der Waals surface area contributed by atoms with Crippen molar-refractivity contribution in [3.05, 3.63) is 28.2 Å². The number of hydrogen-bond donors (Lipinski definition) is 2. The first-order valence-corrected chi connectivity index (χ1v) is 7.66. The number of carbonyl (C=O) groups is 2. The largest absolute Gasteiger partial charge is 0.481 e. The van der Waals surface area contributed by atoms with Crippen LogP contribution in [0.3, 0.4) is 0 Å². The summed E-state index contributed by atoms with van der Waals surface area (Å²) in [6.45, 7) is 6.19. The van der Waals surface area contributed by atoms with Crippen molar-refractivity contribution in [3.63, 3.8) is 0 Å². The summed E-state index contributed by atoms with van der Waals surface area (Å²) in [5, 5.41) is 11.5. The molecule has 0 heterocycles. The first kappa shape index (κ1) is 17.5. The van der Waals surface area contributed by atoms with Gasteiger partial charge in [-0.1, -0.05) is 15.9 Å². The molecule has 0 aromatic heterocycles. The number of aryl methyl sites for hydroxylation is 1. The van der Waals surface area contributed by atoms with Gasteiger partial charge in [0.05, 0.1) is 0 Å². The molecule has 0 saturated heterocycles. The van der Waals surface area contributed by atoms with Crippen LogP contribution in [0, 0.1) is 6.92 Å². The molecule has 0 fully saturated rings. The Balaban J connectivity index is 2.67. The van der Waals surface area contributed by atoms with E-state index < -0.39 is 5.97 Å². The van der Waals surface area contributed by atoms with E-state index in [0.717, 1.165) is 15.7 Å². The van der Waals surface area contributed by atoms with E-state index in [1.807, 2.05) is 39.0 Å². The number of carboxylic acids is 1. The lowest BCUT2D eigenvalue weighted by Gasteiger charge is -2.27. The van der Waals surface area contributed by atoms with E-state index in [0.29, 0.717) is 13.0 Å². The Morgan fingerprint density at radius 1 is 1.38 bits per heavy atom. The van der Waals surface area contributed by atoms with Crippen LogP contribution in [0.2, 0.25) is 0 Å². The Morgan fingerprint density at radius 2 is 2.05 bits per heavy atom. The second-order valence-corrected chi connectivity index (χ2v) is 6.03. The second-order valence-electron chi connectivity index (χ2n) is 5.18. The summed E-state index contributed by atoms with van der Waals surface area (Å²) in [7, 11) is 0. The summed E-state index contributed by atoms with van der Waals surface area (Å²) < 4.78 is 0.989. The monoisotopic (exact) mass is 356 g/mol. The predicted octanol–water partition coefficient (Wildman–Crippen LogP) is 3.86. The van der Waals surface area contributed by atoms with Gasteiger partial charge in [-0.3, -0.25) is 4.79 Å². The summed E-state index contributed by atoms with van der Waals surface area (Å²) >= 11 is 3.42. The first-order valence-electron chi connectivity index (χ1n) is 6.87. The van der Waals surface area contributed by atoms with E-state index >= 15 is 0 Å². The summed E-state index contributed by atoms with van der Waals surface area (Å²) in [5.74, 6) is -0.845. The van der Waals surface area contributed by atoms with Gasteiger partial charge in [-0.15, -0.1) is 0 Å². The molecule has 2 N–H and O–H groups in total. The zero-order valence-electron chi connectivity index (χ0n) is 12.5. The molecule has 0 atom stereocenters. The number of nitrogens with one attached hydrogen (secondary N) is 1. The number of urea groups is 1. The highest BCUT2D eigenvalue weighted by atomic mass is 79.9. The number of hydrogen-bond acceptors (Lipinski definition) is 2. The van der Waals surface area contributed by atoms with Crippen molar-refractivity contribution in [2.24, 2.45) is 0 Å². The van der Waals surface area contributed by atoms with E-state index in [1.54, 1.807) is 4.90 Å². The van der Waals surface area contributed by atoms with Crippen LogP contribution in [0.1, 0.15) is 32.3 Å². The van der Waals surface area contributed by atoms with E-state index in [9.17, 15) is 9.59 Å². The SMILES string of the molecule is Cc1cc(NC(=O)N(CCCC(=O)O)C(C)C)ccc1Br. The summed E-state index contributed by atoms with van der Waals surface area (Å²) in [6.07, 6.45) is 0.508. The van der Waals surface area contributed by atoms with Gasteiger partial charge in [0.15, 0.2) is 0 Å². The van der Waals surface area contributed by atoms with Gasteiger partial charge in [0.25, 0.3) is 0 Å². The number of nitrogens with zero attached hydrogens (tertiary/aromatic N) is 1. The molecule has 0 spiro atoms. The molecule has 0 bridgehead atoms. The van der Waals surface area contributed by atoms with Crippen molar-refractivity contribution in [1.29, 1.82) is 0 Å². The zero-order valence-corrected chi connectivity index (χ0v) is 14.1. The lowest BCUT2D eigenvalue weighted by atomic mass is 10.2. The minimum Gasteiger partial charge on any atom is -0.481 e. The van der Waals surface area contributed by atoms with Crippen molar-refractivity contribution >= 4 is 33.6 Å². The lowest BCUT2D eigenvalue weighted by molar-refractivity contribution is -0.137. The van der Waals surface area contributed by atoms with Crippen molar-refractivity contribution in [2.45, 2.75) is 39.7 Å². The van der Waals surface area contributed by atoms with Gasteiger partial charge in [0, 0.05) is 29.2 Å². The Hall–Kier alpha value is -1.56. The van der Waals surface area contributed by atoms with Crippen LogP contribution in [-0.2, 0) is 4.79 Å². The minimum absolute atomic E-state index is 0.00957. The van der Waals surface area contributed by atoms with Crippen molar-refractivity contribution in [2.75, 3.05) is 11.9 Å². The zero-order chi connectivity index (χ0) is 16.0. The number of halogens is 1. The molecule has 0 aliphatic rings. The molecule has 0 aliphatic carbocycles. The highest BCUT2D eigenvalue weighted by molar-refractivity contribution is 9.10. The fourth-order valence-corrected chi connectivity index (χ4v) is 2.16. The molecule has 1 aromatic rings. The topological polar surface area (TPSA) is 69.6 Å². The van der Waals surface area contributed by atoms with Crippen molar-refractivity contribution < 1.29 is 14.7 Å². The molecule has 0 unspecified atom stereocenters. The maximum absolute atomic E-state index is 12.3. The molecule has 2 amide bonds. The molecule has 0 aliphatic heterocycles. The maximum atomic E-state index is 12.3. The smallest absolute Gasteiger partial charge is 0.322 e.